The lowest BCUT2D eigenvalue weighted by atomic mass is 9.78. The Labute approximate surface area is 162 Å². The lowest BCUT2D eigenvalue weighted by Crippen LogP contribution is -2.41. The van der Waals surface area contributed by atoms with Crippen molar-refractivity contribution in [3.8, 4) is 6.07 Å². The van der Waals surface area contributed by atoms with Crippen LogP contribution in [0.15, 0.2) is 6.07 Å². The highest BCUT2D eigenvalue weighted by Crippen LogP contribution is 2.33. The van der Waals surface area contributed by atoms with Crippen LogP contribution < -0.4 is 5.32 Å². The first kappa shape index (κ1) is 18.5. The fourth-order valence-corrected chi connectivity index (χ4v) is 5.27. The molecule has 1 amide bonds. The van der Waals surface area contributed by atoms with Gasteiger partial charge in [-0.1, -0.05) is 6.07 Å². The van der Waals surface area contributed by atoms with E-state index in [9.17, 15) is 4.79 Å². The predicted molar refractivity (Wildman–Crippen MR) is 107 cm³/mol. The summed E-state index contributed by atoms with van der Waals surface area (Å²) in [7, 11) is 0. The molecule has 1 atom stereocenters. The Morgan fingerprint density at radius 2 is 1.74 bits per heavy atom. The highest BCUT2D eigenvalue weighted by Gasteiger charge is 2.28. The Morgan fingerprint density at radius 3 is 2.41 bits per heavy atom. The van der Waals surface area contributed by atoms with Gasteiger partial charge in [0, 0.05) is 6.54 Å². The molecule has 1 N–H and O–H groups in total. The number of likely N-dealkylation sites (tertiary alicyclic amines) is 1. The summed E-state index contributed by atoms with van der Waals surface area (Å²) in [4.78, 5) is 14.2. The summed E-state index contributed by atoms with van der Waals surface area (Å²) in [5.74, 6) is 0.0798. The SMILES string of the molecule is N#CC1CCCN1C(=O)CNCCc1c2c(cc3c1CCCC3)CCCC2. The molecule has 1 saturated heterocycles. The van der Waals surface area contributed by atoms with Crippen LogP contribution >= 0.6 is 0 Å². The second-order valence-electron chi connectivity index (χ2n) is 8.35. The van der Waals surface area contributed by atoms with Crippen molar-refractivity contribution < 1.29 is 4.79 Å². The standard InChI is InChI=1S/C23H31N3O/c24-15-19-8-5-13-26(19)23(27)16-25-12-11-22-20-9-3-1-6-17(20)14-18-7-2-4-10-21(18)22/h14,19,25H,1-13,16H2. The molecule has 1 fully saturated rings. The van der Waals surface area contributed by atoms with E-state index in [1.54, 1.807) is 32.7 Å². The summed E-state index contributed by atoms with van der Waals surface area (Å²) >= 11 is 0. The molecule has 1 aromatic carbocycles. The van der Waals surface area contributed by atoms with E-state index in [0.717, 1.165) is 32.4 Å². The van der Waals surface area contributed by atoms with Gasteiger partial charge in [-0.3, -0.25) is 4.79 Å². The Morgan fingerprint density at radius 1 is 1.07 bits per heavy atom. The van der Waals surface area contributed by atoms with Gasteiger partial charge in [0.25, 0.3) is 0 Å². The number of benzene rings is 1. The number of nitrogens with zero attached hydrogens (tertiary/aromatic N) is 2. The van der Waals surface area contributed by atoms with Gasteiger partial charge < -0.3 is 10.2 Å². The van der Waals surface area contributed by atoms with Crippen molar-refractivity contribution in [3.63, 3.8) is 0 Å². The molecule has 0 radical (unpaired) electrons. The van der Waals surface area contributed by atoms with Gasteiger partial charge in [-0.25, -0.2) is 0 Å². The molecule has 4 nitrogen and oxygen atoms in total. The van der Waals surface area contributed by atoms with E-state index >= 15 is 0 Å². The van der Waals surface area contributed by atoms with Crippen molar-refractivity contribution in [2.75, 3.05) is 19.6 Å². The molecule has 1 aromatic rings. The van der Waals surface area contributed by atoms with Gasteiger partial charge in [-0.2, -0.15) is 5.26 Å². The van der Waals surface area contributed by atoms with Crippen molar-refractivity contribution in [1.82, 2.24) is 10.2 Å². The summed E-state index contributed by atoms with van der Waals surface area (Å²) < 4.78 is 0. The number of nitriles is 1. The van der Waals surface area contributed by atoms with Crippen LogP contribution in [0.2, 0.25) is 0 Å². The Kier molecular flexibility index (Phi) is 5.78. The molecule has 4 rings (SSSR count). The summed E-state index contributed by atoms with van der Waals surface area (Å²) in [6.45, 7) is 1.94. The third kappa shape index (κ3) is 3.89. The minimum atomic E-state index is -0.215. The summed E-state index contributed by atoms with van der Waals surface area (Å²) in [5, 5.41) is 12.5. The van der Waals surface area contributed by atoms with Gasteiger partial charge in [0.15, 0.2) is 0 Å². The van der Waals surface area contributed by atoms with Crippen molar-refractivity contribution in [2.24, 2.45) is 0 Å². The van der Waals surface area contributed by atoms with Crippen LogP contribution in [0.1, 0.15) is 66.3 Å². The van der Waals surface area contributed by atoms with E-state index < -0.39 is 0 Å². The van der Waals surface area contributed by atoms with Gasteiger partial charge in [0.2, 0.25) is 5.91 Å². The molecule has 4 heteroatoms. The van der Waals surface area contributed by atoms with Crippen LogP contribution in [0.3, 0.4) is 0 Å². The smallest absolute Gasteiger partial charge is 0.237 e. The molecule has 0 saturated carbocycles. The second kappa shape index (κ2) is 8.44. The van der Waals surface area contributed by atoms with Crippen LogP contribution in [0.25, 0.3) is 0 Å². The number of hydrogen-bond donors (Lipinski definition) is 1. The highest BCUT2D eigenvalue weighted by atomic mass is 16.2. The molecule has 27 heavy (non-hydrogen) atoms. The maximum absolute atomic E-state index is 12.4. The number of nitrogens with one attached hydrogen (secondary N) is 1. The van der Waals surface area contributed by atoms with Gasteiger partial charge in [-0.05, 0) is 105 Å². The third-order valence-corrected chi connectivity index (χ3v) is 6.65. The molecular weight excluding hydrogens is 334 g/mol. The zero-order valence-electron chi connectivity index (χ0n) is 16.4. The highest BCUT2D eigenvalue weighted by molar-refractivity contribution is 5.79. The molecule has 1 heterocycles. The van der Waals surface area contributed by atoms with Crippen LogP contribution in [0.5, 0.6) is 0 Å². The third-order valence-electron chi connectivity index (χ3n) is 6.65. The van der Waals surface area contributed by atoms with Gasteiger partial charge in [0.05, 0.1) is 12.6 Å². The molecule has 0 aromatic heterocycles. The Balaban J connectivity index is 1.40. The number of carbonyl (C=O) groups is 1. The summed E-state index contributed by atoms with van der Waals surface area (Å²) in [5.41, 5.74) is 8.04. The van der Waals surface area contributed by atoms with Crippen molar-refractivity contribution in [2.45, 2.75) is 76.7 Å². The largest absolute Gasteiger partial charge is 0.326 e. The first-order valence-corrected chi connectivity index (χ1v) is 10.8. The van der Waals surface area contributed by atoms with Crippen LogP contribution in [-0.2, 0) is 36.9 Å². The van der Waals surface area contributed by atoms with E-state index in [4.69, 9.17) is 5.26 Å². The molecular formula is C23H31N3O. The molecule has 0 bridgehead atoms. The molecule has 2 aliphatic carbocycles. The monoisotopic (exact) mass is 365 g/mol. The average Bonchev–Trinajstić information content (AvgIpc) is 3.19. The van der Waals surface area contributed by atoms with E-state index in [-0.39, 0.29) is 11.9 Å². The first-order valence-electron chi connectivity index (χ1n) is 10.8. The van der Waals surface area contributed by atoms with Crippen molar-refractivity contribution >= 4 is 5.91 Å². The topological polar surface area (TPSA) is 56.1 Å². The van der Waals surface area contributed by atoms with Gasteiger partial charge in [0.1, 0.15) is 6.04 Å². The maximum Gasteiger partial charge on any atom is 0.237 e. The number of fused-ring (bicyclic) bond motifs is 2. The predicted octanol–water partition coefficient (Wildman–Crippen LogP) is 3.09. The van der Waals surface area contributed by atoms with E-state index in [0.29, 0.717) is 6.54 Å². The zero-order chi connectivity index (χ0) is 18.6. The summed E-state index contributed by atoms with van der Waals surface area (Å²) in [6.07, 6.45) is 13.0. The average molecular weight is 366 g/mol. The number of carbonyl (C=O) groups excluding carboxylic acids is 1. The van der Waals surface area contributed by atoms with Crippen LogP contribution in [0.4, 0.5) is 0 Å². The fraction of sp³-hybridized carbons (Fsp3) is 0.652. The quantitative estimate of drug-likeness (QED) is 0.816. The van der Waals surface area contributed by atoms with Crippen LogP contribution in [0, 0.1) is 11.3 Å². The molecule has 1 unspecified atom stereocenters. The maximum atomic E-state index is 12.4. The Hall–Kier alpha value is -1.86. The molecule has 3 aliphatic rings. The van der Waals surface area contributed by atoms with Gasteiger partial charge >= 0.3 is 0 Å². The second-order valence-corrected chi connectivity index (χ2v) is 8.35. The normalized spacial score (nSPS) is 21.4. The summed E-state index contributed by atoms with van der Waals surface area (Å²) in [6, 6.07) is 4.55. The fourth-order valence-electron chi connectivity index (χ4n) is 5.27. The number of aryl methyl sites for hydroxylation is 2. The van der Waals surface area contributed by atoms with Crippen LogP contribution in [-0.4, -0.2) is 36.5 Å². The Bertz CT molecular complexity index is 715. The number of rotatable bonds is 5. The van der Waals surface area contributed by atoms with Gasteiger partial charge in [-0.15, -0.1) is 0 Å². The number of hydrogen-bond acceptors (Lipinski definition) is 3. The van der Waals surface area contributed by atoms with E-state index in [1.165, 1.54) is 51.4 Å². The minimum absolute atomic E-state index is 0.0798. The van der Waals surface area contributed by atoms with Crippen molar-refractivity contribution in [1.29, 1.82) is 5.26 Å². The van der Waals surface area contributed by atoms with Crippen molar-refractivity contribution in [3.05, 3.63) is 33.9 Å². The van der Waals surface area contributed by atoms with E-state index in [1.807, 2.05) is 0 Å². The number of amides is 1. The lowest BCUT2D eigenvalue weighted by molar-refractivity contribution is -0.130. The molecule has 1 aliphatic heterocycles. The molecule has 0 spiro atoms. The lowest BCUT2D eigenvalue weighted by Gasteiger charge is -2.28. The minimum Gasteiger partial charge on any atom is -0.326 e. The first-order chi connectivity index (χ1) is 13.3. The zero-order valence-corrected chi connectivity index (χ0v) is 16.4. The molecule has 144 valence electrons. The van der Waals surface area contributed by atoms with E-state index in [2.05, 4.69) is 17.5 Å².